The average Bonchev–Trinajstić information content (AvgIpc) is 2.52. The van der Waals surface area contributed by atoms with E-state index < -0.39 is 0 Å². The Kier molecular flexibility index (Phi) is 7.73. The Balaban J connectivity index is 0.00000116. The third-order valence-corrected chi connectivity index (χ3v) is 3.71. The summed E-state index contributed by atoms with van der Waals surface area (Å²) in [7, 11) is 1.58. The lowest BCUT2D eigenvalue weighted by Crippen LogP contribution is -2.19. The first kappa shape index (κ1) is 18.8. The molecule has 0 radical (unpaired) electrons. The zero-order chi connectivity index (χ0) is 16.7. The second-order valence-electron chi connectivity index (χ2n) is 4.02. The van der Waals surface area contributed by atoms with E-state index in [1.165, 1.54) is 0 Å². The molecule has 0 saturated heterocycles. The lowest BCUT2D eigenvalue weighted by Gasteiger charge is -2.13. The highest BCUT2D eigenvalue weighted by Crippen LogP contribution is 2.31. The summed E-state index contributed by atoms with van der Waals surface area (Å²) in [6, 6.07) is 10.4. The number of hydrogen-bond donors (Lipinski definition) is 2. The van der Waals surface area contributed by atoms with Crippen LogP contribution in [-0.4, -0.2) is 13.0 Å². The van der Waals surface area contributed by atoms with Gasteiger partial charge in [-0.15, -0.1) is 0 Å². The van der Waals surface area contributed by atoms with Gasteiger partial charge >= 0.3 is 0 Å². The van der Waals surface area contributed by atoms with Crippen molar-refractivity contribution in [3.63, 3.8) is 0 Å². The van der Waals surface area contributed by atoms with Gasteiger partial charge in [0.15, 0.2) is 0 Å². The van der Waals surface area contributed by atoms with Crippen LogP contribution in [0.2, 0.25) is 10.0 Å². The Labute approximate surface area is 149 Å². The molecule has 0 spiro atoms. The van der Waals surface area contributed by atoms with Crippen LogP contribution >= 0.6 is 39.1 Å². The molecule has 2 aromatic rings. The van der Waals surface area contributed by atoms with Crippen LogP contribution in [0, 0.1) is 0 Å². The number of nitrogens with one attached hydrogen (secondary N) is 2. The molecule has 2 aromatic carbocycles. The third kappa shape index (κ3) is 4.90. The fraction of sp³-hybridized carbons (Fsp3) is 0.188. The molecule has 0 aromatic heterocycles. The highest BCUT2D eigenvalue weighted by Gasteiger charge is 2.12. The van der Waals surface area contributed by atoms with E-state index in [0.717, 1.165) is 4.47 Å². The number of benzene rings is 2. The summed E-state index contributed by atoms with van der Waals surface area (Å²) >= 11 is 15.5. The van der Waals surface area contributed by atoms with Crippen molar-refractivity contribution in [2.24, 2.45) is 0 Å². The molecule has 0 aliphatic carbocycles. The minimum Gasteiger partial charge on any atom is -0.355 e. The van der Waals surface area contributed by atoms with Crippen LogP contribution in [0.3, 0.4) is 0 Å². The van der Waals surface area contributed by atoms with Crippen LogP contribution in [0.4, 0.5) is 11.4 Å². The molecule has 0 atom stereocenters. The maximum atomic E-state index is 11.9. The quantitative estimate of drug-likeness (QED) is 0.671. The molecule has 2 rings (SSSR count). The van der Waals surface area contributed by atoms with Crippen molar-refractivity contribution in [1.29, 1.82) is 0 Å². The largest absolute Gasteiger partial charge is 0.355 e. The van der Waals surface area contributed by atoms with Crippen LogP contribution in [0.25, 0.3) is 0 Å². The van der Waals surface area contributed by atoms with Crippen molar-refractivity contribution < 1.29 is 4.79 Å². The molecule has 0 unspecified atom stereocenters. The summed E-state index contributed by atoms with van der Waals surface area (Å²) in [6.45, 7) is 4.00. The van der Waals surface area contributed by atoms with Gasteiger partial charge in [-0.3, -0.25) is 4.79 Å². The van der Waals surface area contributed by atoms with Gasteiger partial charge in [0.1, 0.15) is 0 Å². The van der Waals surface area contributed by atoms with Gasteiger partial charge in [0.2, 0.25) is 0 Å². The van der Waals surface area contributed by atoms with Crippen molar-refractivity contribution in [3.05, 3.63) is 56.5 Å². The summed E-state index contributed by atoms with van der Waals surface area (Å²) in [5.41, 5.74) is 1.80. The van der Waals surface area contributed by atoms with Gasteiger partial charge in [-0.2, -0.15) is 0 Å². The molecule has 3 nitrogen and oxygen atoms in total. The zero-order valence-corrected chi connectivity index (χ0v) is 15.6. The average molecular weight is 404 g/mol. The van der Waals surface area contributed by atoms with Crippen LogP contribution in [0.5, 0.6) is 0 Å². The van der Waals surface area contributed by atoms with Crippen LogP contribution in [0.1, 0.15) is 24.2 Å². The first-order valence-electron chi connectivity index (χ1n) is 6.75. The van der Waals surface area contributed by atoms with E-state index in [-0.39, 0.29) is 5.91 Å². The number of halogens is 3. The van der Waals surface area contributed by atoms with Gasteiger partial charge in [-0.1, -0.05) is 53.0 Å². The second-order valence-corrected chi connectivity index (χ2v) is 5.78. The monoisotopic (exact) mass is 402 g/mol. The molecule has 1 amide bonds. The Morgan fingerprint density at radius 3 is 2.36 bits per heavy atom. The highest BCUT2D eigenvalue weighted by atomic mass is 79.9. The summed E-state index contributed by atoms with van der Waals surface area (Å²) in [6.07, 6.45) is 0. The van der Waals surface area contributed by atoms with Crippen molar-refractivity contribution >= 4 is 56.4 Å². The lowest BCUT2D eigenvalue weighted by atomic mass is 10.1. The topological polar surface area (TPSA) is 41.1 Å². The van der Waals surface area contributed by atoms with Crippen molar-refractivity contribution in [1.82, 2.24) is 5.32 Å². The first-order valence-corrected chi connectivity index (χ1v) is 8.30. The molecule has 0 saturated carbocycles. The van der Waals surface area contributed by atoms with Crippen LogP contribution in [0.15, 0.2) is 40.9 Å². The first-order chi connectivity index (χ1) is 10.5. The van der Waals surface area contributed by atoms with E-state index in [9.17, 15) is 4.79 Å². The smallest absolute Gasteiger partial charge is 0.253 e. The highest BCUT2D eigenvalue weighted by molar-refractivity contribution is 9.10. The lowest BCUT2D eigenvalue weighted by molar-refractivity contribution is 0.0964. The van der Waals surface area contributed by atoms with Gasteiger partial charge in [0, 0.05) is 16.5 Å². The molecule has 0 aliphatic rings. The third-order valence-electron chi connectivity index (χ3n) is 2.65. The van der Waals surface area contributed by atoms with Crippen LogP contribution in [-0.2, 0) is 0 Å². The molecule has 22 heavy (non-hydrogen) atoms. The van der Waals surface area contributed by atoms with Gasteiger partial charge in [-0.05, 0) is 36.4 Å². The fourth-order valence-corrected chi connectivity index (χ4v) is 2.39. The summed E-state index contributed by atoms with van der Waals surface area (Å²) < 4.78 is 0.853. The number of rotatable bonds is 3. The van der Waals surface area contributed by atoms with E-state index in [2.05, 4.69) is 26.6 Å². The van der Waals surface area contributed by atoms with Gasteiger partial charge in [-0.25, -0.2) is 0 Å². The SMILES string of the molecule is CC.CNC(=O)c1ccc(Br)cc1Nc1cc(Cl)ccc1Cl. The van der Waals surface area contributed by atoms with Gasteiger partial charge < -0.3 is 10.6 Å². The summed E-state index contributed by atoms with van der Waals surface area (Å²) in [4.78, 5) is 11.9. The maximum absolute atomic E-state index is 11.9. The number of hydrogen-bond acceptors (Lipinski definition) is 2. The second kappa shape index (κ2) is 9.03. The van der Waals surface area contributed by atoms with Crippen molar-refractivity contribution in [3.8, 4) is 0 Å². The number of carbonyl (C=O) groups excluding carboxylic acids is 1. The molecule has 118 valence electrons. The molecule has 0 heterocycles. The predicted molar refractivity (Wildman–Crippen MR) is 98.6 cm³/mol. The zero-order valence-electron chi connectivity index (χ0n) is 12.5. The molecule has 0 fully saturated rings. The molecular formula is C16H17BrCl2N2O. The van der Waals surface area contributed by atoms with E-state index in [1.54, 1.807) is 37.4 Å². The molecule has 6 heteroatoms. The fourth-order valence-electron chi connectivity index (χ4n) is 1.69. The molecule has 0 bridgehead atoms. The number of carbonyl (C=O) groups is 1. The number of amides is 1. The van der Waals surface area contributed by atoms with E-state index in [1.807, 2.05) is 19.9 Å². The summed E-state index contributed by atoms with van der Waals surface area (Å²) in [5, 5.41) is 6.82. The van der Waals surface area contributed by atoms with Crippen LogP contribution < -0.4 is 10.6 Å². The van der Waals surface area contributed by atoms with E-state index in [4.69, 9.17) is 23.2 Å². The van der Waals surface area contributed by atoms with Gasteiger partial charge in [0.25, 0.3) is 5.91 Å². The van der Waals surface area contributed by atoms with E-state index >= 15 is 0 Å². The summed E-state index contributed by atoms with van der Waals surface area (Å²) in [5.74, 6) is -0.182. The minimum atomic E-state index is -0.182. The Hall–Kier alpha value is -1.23. The van der Waals surface area contributed by atoms with Gasteiger partial charge in [0.05, 0.1) is 22.0 Å². The standard InChI is InChI=1S/C14H11BrCl2N2O.C2H6/c1-18-14(20)10-4-2-8(15)6-12(10)19-13-7-9(16)3-5-11(13)17;1-2/h2-7,19H,1H3,(H,18,20);1-2H3. The predicted octanol–water partition coefficient (Wildman–Crippen LogP) is 5.89. The normalized spacial score (nSPS) is 9.55. The van der Waals surface area contributed by atoms with Crippen molar-refractivity contribution in [2.45, 2.75) is 13.8 Å². The number of anilines is 2. The maximum Gasteiger partial charge on any atom is 0.253 e. The molecule has 0 aliphatic heterocycles. The minimum absolute atomic E-state index is 0.182. The van der Waals surface area contributed by atoms with E-state index in [0.29, 0.717) is 27.0 Å². The Morgan fingerprint density at radius 2 is 1.73 bits per heavy atom. The Bertz CT molecular complexity index is 663. The van der Waals surface area contributed by atoms with Crippen molar-refractivity contribution in [2.75, 3.05) is 12.4 Å². The molecular weight excluding hydrogens is 387 g/mol. The molecule has 2 N–H and O–H groups in total. The Morgan fingerprint density at radius 1 is 1.05 bits per heavy atom.